The van der Waals surface area contributed by atoms with Crippen molar-refractivity contribution in [2.45, 2.75) is 22.8 Å². The summed E-state index contributed by atoms with van der Waals surface area (Å²) in [6.07, 6.45) is 1.84. The summed E-state index contributed by atoms with van der Waals surface area (Å²) in [5.41, 5.74) is 0.417. The molecule has 1 amide bonds. The van der Waals surface area contributed by atoms with Gasteiger partial charge in [-0.1, -0.05) is 0 Å². The summed E-state index contributed by atoms with van der Waals surface area (Å²) in [6.45, 7) is 1.64. The monoisotopic (exact) mass is 473 g/mol. The van der Waals surface area contributed by atoms with Crippen molar-refractivity contribution in [2.75, 3.05) is 31.1 Å². The lowest BCUT2D eigenvalue weighted by Crippen LogP contribution is -2.49. The molecule has 0 N–H and O–H groups in total. The molecule has 1 saturated carbocycles. The lowest BCUT2D eigenvalue weighted by Gasteiger charge is -2.34. The van der Waals surface area contributed by atoms with Gasteiger partial charge in [-0.3, -0.25) is 4.79 Å². The molecule has 1 aliphatic heterocycles. The second kappa shape index (κ2) is 8.26. The van der Waals surface area contributed by atoms with E-state index in [0.717, 1.165) is 25.0 Å². The van der Waals surface area contributed by atoms with Crippen molar-refractivity contribution in [3.63, 3.8) is 0 Å². The fourth-order valence-electron chi connectivity index (χ4n) is 3.83. The number of hydrogen-bond acceptors (Lipinski definition) is 6. The van der Waals surface area contributed by atoms with E-state index in [0.29, 0.717) is 31.7 Å². The van der Waals surface area contributed by atoms with Crippen molar-refractivity contribution in [3.8, 4) is 11.5 Å². The first-order chi connectivity index (χ1) is 15.8. The molecule has 5 rings (SSSR count). The maximum Gasteiger partial charge on any atom is 0.236 e. The number of hydrogen-bond donors (Lipinski definition) is 0. The van der Waals surface area contributed by atoms with Gasteiger partial charge in [0.2, 0.25) is 32.5 Å². The van der Waals surface area contributed by atoms with Gasteiger partial charge in [-0.05, 0) is 61.4 Å². The van der Waals surface area contributed by atoms with Crippen LogP contribution in [-0.4, -0.2) is 50.4 Å². The Kier molecular flexibility index (Phi) is 5.40. The Hall–Kier alpha value is -3.27. The number of oxazole rings is 1. The van der Waals surface area contributed by atoms with E-state index in [9.17, 15) is 22.0 Å². The van der Waals surface area contributed by atoms with E-state index in [1.807, 2.05) is 0 Å². The van der Waals surface area contributed by atoms with Crippen LogP contribution in [0.5, 0.6) is 0 Å². The predicted molar refractivity (Wildman–Crippen MR) is 115 cm³/mol. The van der Waals surface area contributed by atoms with E-state index < -0.39 is 21.5 Å². The van der Waals surface area contributed by atoms with E-state index >= 15 is 0 Å². The third-order valence-electron chi connectivity index (χ3n) is 5.85. The van der Waals surface area contributed by atoms with Gasteiger partial charge >= 0.3 is 0 Å². The predicted octanol–water partition coefficient (Wildman–Crippen LogP) is 3.51. The molecule has 33 heavy (non-hydrogen) atoms. The van der Waals surface area contributed by atoms with Gasteiger partial charge in [0.25, 0.3) is 0 Å². The molecule has 0 bridgehead atoms. The first kappa shape index (κ1) is 21.6. The Morgan fingerprint density at radius 3 is 2.06 bits per heavy atom. The first-order valence-corrected chi connectivity index (χ1v) is 12.1. The SMILES string of the molecule is O=C(C1CC1)N1CCN(c2oc(-c3ccc(F)cc3)nc2S(=O)(=O)c2ccc(F)cc2)CC1. The second-order valence-corrected chi connectivity index (χ2v) is 10.0. The van der Waals surface area contributed by atoms with E-state index in [-0.39, 0.29) is 33.5 Å². The second-order valence-electron chi connectivity index (χ2n) is 8.18. The molecule has 2 aromatic carbocycles. The molecule has 2 fully saturated rings. The Bertz CT molecular complexity index is 1280. The van der Waals surface area contributed by atoms with Gasteiger partial charge in [0.15, 0.2) is 0 Å². The highest BCUT2D eigenvalue weighted by Gasteiger charge is 2.37. The molecule has 10 heteroatoms. The third-order valence-corrected chi connectivity index (χ3v) is 7.52. The Morgan fingerprint density at radius 2 is 1.48 bits per heavy atom. The van der Waals surface area contributed by atoms with E-state index in [1.165, 1.54) is 36.4 Å². The molecule has 0 atom stereocenters. The summed E-state index contributed by atoms with van der Waals surface area (Å²) in [4.78, 5) is 20.0. The maximum absolute atomic E-state index is 13.4. The summed E-state index contributed by atoms with van der Waals surface area (Å²) < 4.78 is 59.4. The molecular weight excluding hydrogens is 452 g/mol. The summed E-state index contributed by atoms with van der Waals surface area (Å²) in [5, 5.41) is -0.296. The number of rotatable bonds is 5. The highest BCUT2D eigenvalue weighted by atomic mass is 32.2. The largest absolute Gasteiger partial charge is 0.419 e. The molecule has 0 spiro atoms. The highest BCUT2D eigenvalue weighted by Crippen LogP contribution is 2.36. The van der Waals surface area contributed by atoms with Crippen LogP contribution in [0.1, 0.15) is 12.8 Å². The topological polar surface area (TPSA) is 83.7 Å². The van der Waals surface area contributed by atoms with Crippen LogP contribution in [0, 0.1) is 17.6 Å². The number of anilines is 1. The zero-order chi connectivity index (χ0) is 23.2. The summed E-state index contributed by atoms with van der Waals surface area (Å²) >= 11 is 0. The van der Waals surface area contributed by atoms with E-state index in [1.54, 1.807) is 9.80 Å². The number of piperazine rings is 1. The van der Waals surface area contributed by atoms with Crippen LogP contribution in [-0.2, 0) is 14.6 Å². The van der Waals surface area contributed by atoms with Crippen molar-refractivity contribution in [1.82, 2.24) is 9.88 Å². The summed E-state index contributed by atoms with van der Waals surface area (Å²) in [6, 6.07) is 9.84. The van der Waals surface area contributed by atoms with Crippen LogP contribution >= 0.6 is 0 Å². The quantitative estimate of drug-likeness (QED) is 0.528. The van der Waals surface area contributed by atoms with Crippen LogP contribution in [0.4, 0.5) is 14.7 Å². The number of aromatic nitrogens is 1. The lowest BCUT2D eigenvalue weighted by atomic mass is 10.2. The fraction of sp³-hybridized carbons (Fsp3) is 0.304. The molecule has 0 unspecified atom stereocenters. The zero-order valence-electron chi connectivity index (χ0n) is 17.6. The molecule has 2 aliphatic rings. The smallest absolute Gasteiger partial charge is 0.236 e. The molecule has 3 aromatic rings. The molecule has 1 aliphatic carbocycles. The Labute approximate surface area is 189 Å². The van der Waals surface area contributed by atoms with Crippen molar-refractivity contribution in [3.05, 3.63) is 60.2 Å². The Balaban J connectivity index is 1.51. The van der Waals surface area contributed by atoms with Gasteiger partial charge in [0.1, 0.15) is 11.6 Å². The average Bonchev–Trinajstić information content (AvgIpc) is 3.57. The summed E-state index contributed by atoms with van der Waals surface area (Å²) in [5.74, 6) is -0.669. The van der Waals surface area contributed by atoms with Gasteiger partial charge in [-0.2, -0.15) is 4.98 Å². The number of nitrogens with zero attached hydrogens (tertiary/aromatic N) is 3. The van der Waals surface area contributed by atoms with Crippen molar-refractivity contribution in [2.24, 2.45) is 5.92 Å². The molecule has 2 heterocycles. The van der Waals surface area contributed by atoms with Crippen LogP contribution < -0.4 is 4.90 Å². The normalized spacial score (nSPS) is 16.8. The number of amides is 1. The van der Waals surface area contributed by atoms with Crippen LogP contribution in [0.15, 0.2) is 62.9 Å². The van der Waals surface area contributed by atoms with Crippen molar-refractivity contribution < 1.29 is 26.4 Å². The molecule has 1 saturated heterocycles. The third kappa shape index (κ3) is 4.22. The van der Waals surface area contributed by atoms with E-state index in [2.05, 4.69) is 4.98 Å². The number of carbonyl (C=O) groups excluding carboxylic acids is 1. The number of halogens is 2. The Morgan fingerprint density at radius 1 is 0.909 bits per heavy atom. The van der Waals surface area contributed by atoms with Gasteiger partial charge in [0.05, 0.1) is 4.90 Å². The van der Waals surface area contributed by atoms with Gasteiger partial charge in [-0.15, -0.1) is 0 Å². The first-order valence-electron chi connectivity index (χ1n) is 10.6. The molecule has 1 aromatic heterocycles. The zero-order valence-corrected chi connectivity index (χ0v) is 18.4. The lowest BCUT2D eigenvalue weighted by molar-refractivity contribution is -0.132. The number of carbonyl (C=O) groups is 1. The molecule has 172 valence electrons. The minimum absolute atomic E-state index is 0.0298. The minimum atomic E-state index is -4.13. The molecular formula is C23H21F2N3O4S. The molecule has 0 radical (unpaired) electrons. The highest BCUT2D eigenvalue weighted by molar-refractivity contribution is 7.91. The number of sulfone groups is 1. The van der Waals surface area contributed by atoms with Gasteiger partial charge < -0.3 is 14.2 Å². The van der Waals surface area contributed by atoms with Crippen LogP contribution in [0.3, 0.4) is 0 Å². The summed E-state index contributed by atoms with van der Waals surface area (Å²) in [7, 11) is -4.13. The van der Waals surface area contributed by atoms with Gasteiger partial charge in [0, 0.05) is 37.7 Å². The van der Waals surface area contributed by atoms with Crippen molar-refractivity contribution in [1.29, 1.82) is 0 Å². The standard InChI is InChI=1S/C23H21F2N3O4S/c24-17-5-3-15(4-6-17)20-26-21(33(30,31)19-9-7-18(25)8-10-19)23(32-20)28-13-11-27(12-14-28)22(29)16-1-2-16/h3-10,16H,1-2,11-14H2. The van der Waals surface area contributed by atoms with Crippen LogP contribution in [0.25, 0.3) is 11.5 Å². The average molecular weight is 474 g/mol. The van der Waals surface area contributed by atoms with E-state index in [4.69, 9.17) is 4.42 Å². The molecule has 7 nitrogen and oxygen atoms in total. The van der Waals surface area contributed by atoms with Crippen molar-refractivity contribution >= 4 is 21.6 Å². The van der Waals surface area contributed by atoms with Crippen LogP contribution in [0.2, 0.25) is 0 Å². The van der Waals surface area contributed by atoms with Gasteiger partial charge in [-0.25, -0.2) is 17.2 Å². The fourth-order valence-corrected chi connectivity index (χ4v) is 5.15. The number of benzene rings is 2. The minimum Gasteiger partial charge on any atom is -0.419 e. The maximum atomic E-state index is 13.4.